The van der Waals surface area contributed by atoms with Crippen LogP contribution in [-0.2, 0) is 22.3 Å². The molecule has 0 N–H and O–H groups in total. The Morgan fingerprint density at radius 1 is 1.16 bits per heavy atom. The van der Waals surface area contributed by atoms with E-state index in [4.69, 9.17) is 9.72 Å². The third kappa shape index (κ3) is 3.81. The van der Waals surface area contributed by atoms with Crippen LogP contribution in [0.15, 0.2) is 29.1 Å². The van der Waals surface area contributed by atoms with Gasteiger partial charge in [-0.3, -0.25) is 9.36 Å². The molecule has 1 spiro atoms. The van der Waals surface area contributed by atoms with E-state index in [0.29, 0.717) is 12.4 Å². The maximum Gasteiger partial charge on any atom is 0.367 e. The van der Waals surface area contributed by atoms with Gasteiger partial charge in [-0.05, 0) is 56.4 Å². The van der Waals surface area contributed by atoms with Crippen molar-refractivity contribution in [3.63, 3.8) is 0 Å². The van der Waals surface area contributed by atoms with Crippen LogP contribution in [0.4, 0.5) is 4.79 Å². The van der Waals surface area contributed by atoms with Crippen molar-refractivity contribution in [2.75, 3.05) is 6.61 Å². The Morgan fingerprint density at radius 2 is 1.91 bits per heavy atom. The first-order valence-corrected chi connectivity index (χ1v) is 13.2. The van der Waals surface area contributed by atoms with Gasteiger partial charge >= 0.3 is 5.30 Å². The minimum absolute atomic E-state index is 0.0863. The molecule has 3 aliphatic carbocycles. The van der Waals surface area contributed by atoms with E-state index in [1.165, 1.54) is 24.8 Å². The van der Waals surface area contributed by atoms with Crippen molar-refractivity contribution in [2.45, 2.75) is 88.3 Å². The van der Waals surface area contributed by atoms with Gasteiger partial charge in [0.05, 0.1) is 23.6 Å². The van der Waals surface area contributed by atoms with E-state index in [1.807, 2.05) is 17.6 Å². The zero-order chi connectivity index (χ0) is 22.1. The molecule has 1 aromatic carbocycles. The summed E-state index contributed by atoms with van der Waals surface area (Å²) in [5.74, 6) is 1.09. The van der Waals surface area contributed by atoms with Gasteiger partial charge in [0.1, 0.15) is 5.82 Å². The predicted molar refractivity (Wildman–Crippen MR) is 128 cm³/mol. The second-order valence-electron chi connectivity index (χ2n) is 9.51. The molecule has 2 aromatic rings. The van der Waals surface area contributed by atoms with Crippen LogP contribution in [0, 0.1) is 0 Å². The van der Waals surface area contributed by atoms with Gasteiger partial charge in [-0.2, -0.15) is 0 Å². The molecule has 3 aliphatic rings. The predicted octanol–water partition coefficient (Wildman–Crippen LogP) is 6.17. The molecule has 2 fully saturated rings. The lowest BCUT2D eigenvalue weighted by molar-refractivity contribution is 0.181. The Morgan fingerprint density at radius 3 is 2.66 bits per heavy atom. The summed E-state index contributed by atoms with van der Waals surface area (Å²) in [6.07, 6.45) is 11.0. The van der Waals surface area contributed by atoms with Crippen molar-refractivity contribution in [3.8, 4) is 11.3 Å². The number of hydrogen-bond donors (Lipinski definition) is 0. The minimum atomic E-state index is -0.303. The van der Waals surface area contributed by atoms with Crippen molar-refractivity contribution in [1.82, 2.24) is 9.55 Å². The number of carbonyl (C=O) groups is 1. The van der Waals surface area contributed by atoms with Gasteiger partial charge in [-0.15, -0.1) is 0 Å². The fourth-order valence-corrected chi connectivity index (χ4v) is 6.84. The molecular weight excluding hydrogens is 420 g/mol. The molecular formula is C26H32N2O3S. The number of nitrogens with zero attached hydrogens (tertiary/aromatic N) is 2. The molecule has 1 heterocycles. The molecule has 0 aliphatic heterocycles. The van der Waals surface area contributed by atoms with E-state index in [9.17, 15) is 9.59 Å². The topological polar surface area (TPSA) is 61.2 Å². The van der Waals surface area contributed by atoms with E-state index in [0.717, 1.165) is 79.4 Å². The summed E-state index contributed by atoms with van der Waals surface area (Å²) in [6.45, 7) is 2.17. The average Bonchev–Trinajstić information content (AvgIpc) is 3.26. The molecule has 32 heavy (non-hydrogen) atoms. The zero-order valence-electron chi connectivity index (χ0n) is 18.9. The van der Waals surface area contributed by atoms with Gasteiger partial charge in [0, 0.05) is 17.0 Å². The van der Waals surface area contributed by atoms with Gasteiger partial charge in [-0.1, -0.05) is 56.4 Å². The van der Waals surface area contributed by atoms with Crippen LogP contribution in [0.25, 0.3) is 11.3 Å². The Bertz CT molecular complexity index is 1070. The summed E-state index contributed by atoms with van der Waals surface area (Å²) in [4.78, 5) is 31.6. The second kappa shape index (κ2) is 9.05. The van der Waals surface area contributed by atoms with Gasteiger partial charge in [0.2, 0.25) is 0 Å². The van der Waals surface area contributed by atoms with Crippen LogP contribution in [0.5, 0.6) is 0 Å². The quantitative estimate of drug-likeness (QED) is 0.519. The van der Waals surface area contributed by atoms with Crippen LogP contribution in [0.2, 0.25) is 0 Å². The normalized spacial score (nSPS) is 19.5. The Hall–Kier alpha value is -2.08. The molecule has 0 atom stereocenters. The molecule has 1 aromatic heterocycles. The maximum absolute atomic E-state index is 14.3. The summed E-state index contributed by atoms with van der Waals surface area (Å²) in [6, 6.07) is 8.61. The molecule has 0 saturated heterocycles. The fourth-order valence-electron chi connectivity index (χ4n) is 6.19. The SMILES string of the molecule is CCOC(=O)SCc1nc2c(c(=O)n1C1CCCCC1)C1(CCCC1)Cc1ccccc1-2. The van der Waals surface area contributed by atoms with E-state index < -0.39 is 0 Å². The van der Waals surface area contributed by atoms with Gasteiger partial charge in [0.25, 0.3) is 5.56 Å². The van der Waals surface area contributed by atoms with Crippen molar-refractivity contribution >= 4 is 17.1 Å². The number of thioether (sulfide) groups is 1. The molecule has 0 bridgehead atoms. The van der Waals surface area contributed by atoms with Crippen LogP contribution in [0.1, 0.15) is 87.7 Å². The number of hydrogen-bond acceptors (Lipinski definition) is 5. The van der Waals surface area contributed by atoms with E-state index in [-0.39, 0.29) is 22.3 Å². The molecule has 0 amide bonds. The van der Waals surface area contributed by atoms with Crippen molar-refractivity contribution in [1.29, 1.82) is 0 Å². The minimum Gasteiger partial charge on any atom is -0.458 e. The highest BCUT2D eigenvalue weighted by Crippen LogP contribution is 2.50. The van der Waals surface area contributed by atoms with E-state index >= 15 is 0 Å². The van der Waals surface area contributed by atoms with Crippen LogP contribution in [0.3, 0.4) is 0 Å². The largest absolute Gasteiger partial charge is 0.458 e. The van der Waals surface area contributed by atoms with Crippen molar-refractivity contribution in [3.05, 3.63) is 51.6 Å². The van der Waals surface area contributed by atoms with Crippen LogP contribution in [-0.4, -0.2) is 21.5 Å². The molecule has 6 heteroatoms. The average molecular weight is 453 g/mol. The summed E-state index contributed by atoms with van der Waals surface area (Å²) in [5.41, 5.74) is 4.27. The highest BCUT2D eigenvalue weighted by Gasteiger charge is 2.45. The summed E-state index contributed by atoms with van der Waals surface area (Å²) in [5, 5.41) is -0.303. The number of benzene rings is 1. The van der Waals surface area contributed by atoms with Crippen molar-refractivity contribution < 1.29 is 9.53 Å². The third-order valence-electron chi connectivity index (χ3n) is 7.60. The van der Waals surface area contributed by atoms with Gasteiger partial charge in [0.15, 0.2) is 0 Å². The number of rotatable bonds is 4. The number of carbonyl (C=O) groups excluding carboxylic acids is 1. The molecule has 2 saturated carbocycles. The zero-order valence-corrected chi connectivity index (χ0v) is 19.7. The number of aromatic nitrogens is 2. The fraction of sp³-hybridized carbons (Fsp3) is 0.577. The van der Waals surface area contributed by atoms with Gasteiger partial charge < -0.3 is 4.74 Å². The number of fused-ring (bicyclic) bond motifs is 4. The monoisotopic (exact) mass is 452 g/mol. The second-order valence-corrected chi connectivity index (χ2v) is 10.4. The van der Waals surface area contributed by atoms with Crippen LogP contribution >= 0.6 is 11.8 Å². The Balaban J connectivity index is 1.68. The Kier molecular flexibility index (Phi) is 6.15. The first-order valence-electron chi connectivity index (χ1n) is 12.2. The standard InChI is InChI=1S/C26H32N2O3S/c1-2-31-25(30)32-17-21-27-23-20-13-7-6-10-18(20)16-26(14-8-9-15-26)22(23)24(29)28(21)19-11-4-3-5-12-19/h6-7,10,13,19H,2-5,8-9,11-12,14-17H2,1H3. The van der Waals surface area contributed by atoms with Crippen LogP contribution < -0.4 is 5.56 Å². The molecule has 0 unspecified atom stereocenters. The smallest absolute Gasteiger partial charge is 0.367 e. The third-order valence-corrected chi connectivity index (χ3v) is 8.36. The van der Waals surface area contributed by atoms with E-state index in [2.05, 4.69) is 18.2 Å². The summed E-state index contributed by atoms with van der Waals surface area (Å²) < 4.78 is 7.12. The highest BCUT2D eigenvalue weighted by atomic mass is 32.2. The summed E-state index contributed by atoms with van der Waals surface area (Å²) >= 11 is 1.11. The molecule has 170 valence electrons. The lowest BCUT2D eigenvalue weighted by atomic mass is 9.68. The van der Waals surface area contributed by atoms with Gasteiger partial charge in [-0.25, -0.2) is 9.78 Å². The first-order chi connectivity index (χ1) is 15.6. The Labute approximate surface area is 194 Å². The highest BCUT2D eigenvalue weighted by molar-refractivity contribution is 8.12. The first kappa shape index (κ1) is 21.7. The lowest BCUT2D eigenvalue weighted by Gasteiger charge is -2.37. The maximum atomic E-state index is 14.3. The summed E-state index contributed by atoms with van der Waals surface area (Å²) in [7, 11) is 0. The van der Waals surface area contributed by atoms with E-state index in [1.54, 1.807) is 0 Å². The molecule has 5 rings (SSSR count). The number of ether oxygens (including phenoxy) is 1. The lowest BCUT2D eigenvalue weighted by Crippen LogP contribution is -2.42. The van der Waals surface area contributed by atoms with Crippen molar-refractivity contribution in [2.24, 2.45) is 0 Å². The molecule has 0 radical (unpaired) electrons. The molecule has 5 nitrogen and oxygen atoms in total.